The summed E-state index contributed by atoms with van der Waals surface area (Å²) >= 11 is 0. The normalized spacial score (nSPS) is 18.7. The topological polar surface area (TPSA) is 72.6 Å². The Morgan fingerprint density at radius 2 is 1.76 bits per heavy atom. The Bertz CT molecular complexity index is 596. The lowest BCUT2D eigenvalue weighted by molar-refractivity contribution is -0.275. The molecule has 0 radical (unpaired) electrons. The van der Waals surface area contributed by atoms with Crippen molar-refractivity contribution in [1.29, 1.82) is 0 Å². The second-order valence-corrected chi connectivity index (χ2v) is 6.64. The number of nitrogens with zero attached hydrogens (tertiary/aromatic N) is 1. The fourth-order valence-corrected chi connectivity index (χ4v) is 3.71. The number of alkyl halides is 3. The monoisotopic (exact) mass is 324 g/mol. The number of para-hydroxylation sites is 1. The quantitative estimate of drug-likeness (QED) is 0.918. The van der Waals surface area contributed by atoms with Crippen LogP contribution in [0, 0.1) is 0 Å². The second kappa shape index (κ2) is 5.82. The van der Waals surface area contributed by atoms with E-state index in [9.17, 15) is 21.6 Å². The molecule has 1 heterocycles. The molecule has 1 aliphatic rings. The van der Waals surface area contributed by atoms with E-state index in [1.165, 1.54) is 12.1 Å². The fourth-order valence-electron chi connectivity index (χ4n) is 2.13. The molecule has 0 aromatic heterocycles. The van der Waals surface area contributed by atoms with Gasteiger partial charge >= 0.3 is 6.36 Å². The van der Waals surface area contributed by atoms with Gasteiger partial charge in [-0.2, -0.15) is 4.31 Å². The van der Waals surface area contributed by atoms with Gasteiger partial charge in [-0.1, -0.05) is 12.1 Å². The maximum atomic E-state index is 12.4. The summed E-state index contributed by atoms with van der Waals surface area (Å²) in [6.45, 7) is 0.369. The number of hydrogen-bond donors (Lipinski definition) is 1. The van der Waals surface area contributed by atoms with E-state index in [4.69, 9.17) is 5.73 Å². The molecule has 2 rings (SSSR count). The van der Waals surface area contributed by atoms with Crippen LogP contribution in [0.15, 0.2) is 29.2 Å². The number of rotatable bonds is 3. The van der Waals surface area contributed by atoms with E-state index in [-0.39, 0.29) is 19.1 Å². The maximum absolute atomic E-state index is 12.4. The average Bonchev–Trinajstić information content (AvgIpc) is 2.37. The molecule has 1 aromatic carbocycles. The minimum Gasteiger partial charge on any atom is -0.404 e. The Morgan fingerprint density at radius 3 is 2.33 bits per heavy atom. The molecule has 0 spiro atoms. The Balaban J connectivity index is 2.32. The summed E-state index contributed by atoms with van der Waals surface area (Å²) < 4.78 is 66.9. The van der Waals surface area contributed by atoms with E-state index < -0.39 is 27.0 Å². The Labute approximate surface area is 120 Å². The van der Waals surface area contributed by atoms with Crippen molar-refractivity contribution >= 4 is 10.0 Å². The van der Waals surface area contributed by atoms with Gasteiger partial charge in [-0.05, 0) is 25.0 Å². The lowest BCUT2D eigenvalue weighted by Gasteiger charge is -2.29. The third-order valence-corrected chi connectivity index (χ3v) is 5.13. The minimum absolute atomic E-state index is 0.0851. The van der Waals surface area contributed by atoms with E-state index in [0.29, 0.717) is 12.8 Å². The molecule has 1 saturated heterocycles. The predicted molar refractivity (Wildman–Crippen MR) is 69.1 cm³/mol. The van der Waals surface area contributed by atoms with E-state index in [0.717, 1.165) is 16.4 Å². The van der Waals surface area contributed by atoms with Crippen LogP contribution in [-0.4, -0.2) is 38.2 Å². The molecule has 0 aliphatic carbocycles. The summed E-state index contributed by atoms with van der Waals surface area (Å²) in [7, 11) is -4.04. The van der Waals surface area contributed by atoms with Crippen LogP contribution in [0.3, 0.4) is 0 Å². The first-order valence-electron chi connectivity index (χ1n) is 6.30. The molecule has 118 valence electrons. The molecule has 2 N–H and O–H groups in total. The molecule has 9 heteroatoms. The Hall–Kier alpha value is -1.32. The zero-order valence-corrected chi connectivity index (χ0v) is 11.8. The number of sulfonamides is 1. The zero-order chi connectivity index (χ0) is 15.7. The fraction of sp³-hybridized carbons (Fsp3) is 0.500. The number of benzene rings is 1. The molecule has 1 aromatic rings. The van der Waals surface area contributed by atoms with Gasteiger partial charge in [-0.15, -0.1) is 13.2 Å². The van der Waals surface area contributed by atoms with E-state index >= 15 is 0 Å². The van der Waals surface area contributed by atoms with Crippen LogP contribution in [0.2, 0.25) is 0 Å². The molecule has 0 atom stereocenters. The summed E-state index contributed by atoms with van der Waals surface area (Å²) in [6.07, 6.45) is -4.00. The molecule has 0 amide bonds. The second-order valence-electron chi connectivity index (χ2n) is 4.74. The smallest absolute Gasteiger partial charge is 0.404 e. The highest BCUT2D eigenvalue weighted by Gasteiger charge is 2.36. The van der Waals surface area contributed by atoms with E-state index in [2.05, 4.69) is 4.74 Å². The standard InChI is InChI=1S/C12H15F3N2O3S/c13-12(14,15)20-10-3-1-2-4-11(10)21(18,19)17-7-5-9(16)6-8-17/h1-4,9H,5-8,16H2. The van der Waals surface area contributed by atoms with Crippen molar-refractivity contribution < 1.29 is 26.3 Å². The number of ether oxygens (including phenoxy) is 1. The van der Waals surface area contributed by atoms with Gasteiger partial charge in [0.25, 0.3) is 0 Å². The van der Waals surface area contributed by atoms with Crippen molar-refractivity contribution in [3.8, 4) is 5.75 Å². The third kappa shape index (κ3) is 3.86. The Kier molecular flexibility index (Phi) is 4.45. The van der Waals surface area contributed by atoms with Crippen molar-refractivity contribution in [3.05, 3.63) is 24.3 Å². The summed E-state index contributed by atoms with van der Waals surface area (Å²) in [5.41, 5.74) is 5.70. The largest absolute Gasteiger partial charge is 0.573 e. The molecule has 5 nitrogen and oxygen atoms in total. The number of piperidine rings is 1. The summed E-state index contributed by atoms with van der Waals surface area (Å²) in [5.74, 6) is -0.722. The van der Waals surface area contributed by atoms with Gasteiger partial charge in [0.05, 0.1) is 0 Å². The van der Waals surface area contributed by atoms with Crippen LogP contribution < -0.4 is 10.5 Å². The highest BCUT2D eigenvalue weighted by Crippen LogP contribution is 2.32. The van der Waals surface area contributed by atoms with Gasteiger partial charge in [0, 0.05) is 19.1 Å². The SMILES string of the molecule is NC1CCN(S(=O)(=O)c2ccccc2OC(F)(F)F)CC1. The molecular weight excluding hydrogens is 309 g/mol. The van der Waals surface area contributed by atoms with Crippen molar-refractivity contribution in [2.75, 3.05) is 13.1 Å². The van der Waals surface area contributed by atoms with Gasteiger partial charge < -0.3 is 10.5 Å². The van der Waals surface area contributed by atoms with Gasteiger partial charge in [0.1, 0.15) is 10.6 Å². The Morgan fingerprint density at radius 1 is 1.19 bits per heavy atom. The highest BCUT2D eigenvalue weighted by atomic mass is 32.2. The summed E-state index contributed by atoms with van der Waals surface area (Å²) in [6, 6.07) is 4.64. The maximum Gasteiger partial charge on any atom is 0.573 e. The van der Waals surface area contributed by atoms with Gasteiger partial charge in [0.2, 0.25) is 10.0 Å². The summed E-state index contributed by atoms with van der Waals surface area (Å²) in [4.78, 5) is -0.488. The van der Waals surface area contributed by atoms with E-state index in [1.807, 2.05) is 0 Å². The van der Waals surface area contributed by atoms with Crippen molar-refractivity contribution in [2.24, 2.45) is 5.73 Å². The van der Waals surface area contributed by atoms with Crippen LogP contribution >= 0.6 is 0 Å². The zero-order valence-electron chi connectivity index (χ0n) is 11.0. The molecule has 21 heavy (non-hydrogen) atoms. The van der Waals surface area contributed by atoms with Crippen LogP contribution in [0.4, 0.5) is 13.2 Å². The molecule has 1 aliphatic heterocycles. The average molecular weight is 324 g/mol. The third-order valence-electron chi connectivity index (χ3n) is 3.19. The van der Waals surface area contributed by atoms with Crippen molar-refractivity contribution in [1.82, 2.24) is 4.31 Å². The van der Waals surface area contributed by atoms with Gasteiger partial charge in [0.15, 0.2) is 0 Å². The van der Waals surface area contributed by atoms with Crippen molar-refractivity contribution in [2.45, 2.75) is 30.1 Å². The highest BCUT2D eigenvalue weighted by molar-refractivity contribution is 7.89. The van der Waals surface area contributed by atoms with Crippen LogP contribution in [0.5, 0.6) is 5.75 Å². The predicted octanol–water partition coefficient (Wildman–Crippen LogP) is 1.70. The van der Waals surface area contributed by atoms with Gasteiger partial charge in [-0.3, -0.25) is 0 Å². The van der Waals surface area contributed by atoms with Crippen LogP contribution in [0.1, 0.15) is 12.8 Å². The molecule has 0 bridgehead atoms. The number of halogens is 3. The van der Waals surface area contributed by atoms with Crippen LogP contribution in [0.25, 0.3) is 0 Å². The molecule has 0 saturated carbocycles. The lowest BCUT2D eigenvalue weighted by atomic mass is 10.1. The first kappa shape index (κ1) is 16.1. The van der Waals surface area contributed by atoms with E-state index in [1.54, 1.807) is 0 Å². The minimum atomic E-state index is -4.95. The number of nitrogens with two attached hydrogens (primary N) is 1. The lowest BCUT2D eigenvalue weighted by Crippen LogP contribution is -2.42. The summed E-state index contributed by atoms with van der Waals surface area (Å²) in [5, 5.41) is 0. The van der Waals surface area contributed by atoms with Gasteiger partial charge in [-0.25, -0.2) is 8.42 Å². The molecular formula is C12H15F3N2O3S. The molecule has 0 unspecified atom stereocenters. The number of hydrogen-bond acceptors (Lipinski definition) is 4. The first-order valence-corrected chi connectivity index (χ1v) is 7.74. The van der Waals surface area contributed by atoms with Crippen LogP contribution in [-0.2, 0) is 10.0 Å². The molecule has 1 fully saturated rings. The van der Waals surface area contributed by atoms with Crippen molar-refractivity contribution in [3.63, 3.8) is 0 Å². The first-order chi connectivity index (χ1) is 9.70.